The van der Waals surface area contributed by atoms with Gasteiger partial charge in [-0.15, -0.1) is 0 Å². The van der Waals surface area contributed by atoms with Gasteiger partial charge in [-0.1, -0.05) is 18.2 Å². The number of nitrogens with one attached hydrogen (secondary N) is 1. The first-order chi connectivity index (χ1) is 8.99. The Morgan fingerprint density at radius 1 is 1.32 bits per heavy atom. The van der Waals surface area contributed by atoms with Crippen molar-refractivity contribution in [2.75, 3.05) is 13.7 Å². The second-order valence-corrected chi connectivity index (χ2v) is 4.38. The van der Waals surface area contributed by atoms with Crippen LogP contribution in [0.1, 0.15) is 16.7 Å². The lowest BCUT2D eigenvalue weighted by Gasteiger charge is -2.18. The molecule has 0 saturated carbocycles. The number of esters is 1. The Balaban J connectivity index is 2.94. The Morgan fingerprint density at radius 3 is 2.37 bits per heavy atom. The molecule has 19 heavy (non-hydrogen) atoms. The number of aliphatic hydroxyl groups excluding tert-OH is 1. The number of amides is 1. The molecule has 0 heterocycles. The van der Waals surface area contributed by atoms with E-state index in [4.69, 9.17) is 5.11 Å². The minimum atomic E-state index is -0.788. The van der Waals surface area contributed by atoms with E-state index in [-0.39, 0.29) is 0 Å². The number of carbonyl (C=O) groups excluding carboxylic acids is 2. The third-order valence-corrected chi connectivity index (χ3v) is 3.02. The number of hydrogen-bond donors (Lipinski definition) is 2. The van der Waals surface area contributed by atoms with Crippen molar-refractivity contribution in [3.63, 3.8) is 0 Å². The van der Waals surface area contributed by atoms with Crippen LogP contribution in [0.25, 0.3) is 0 Å². The van der Waals surface area contributed by atoms with Crippen molar-refractivity contribution >= 4 is 11.9 Å². The van der Waals surface area contributed by atoms with Crippen molar-refractivity contribution in [3.05, 3.63) is 34.9 Å². The monoisotopic (exact) mass is 265 g/mol. The van der Waals surface area contributed by atoms with Crippen molar-refractivity contribution in [3.8, 4) is 0 Å². The van der Waals surface area contributed by atoms with Crippen LogP contribution in [-0.2, 0) is 20.7 Å². The summed E-state index contributed by atoms with van der Waals surface area (Å²) in [6.07, 6.45) is 0.344. The molecule has 0 spiro atoms. The molecular weight excluding hydrogens is 246 g/mol. The zero-order valence-electron chi connectivity index (χ0n) is 11.4. The summed E-state index contributed by atoms with van der Waals surface area (Å²) >= 11 is 0. The average Bonchev–Trinajstić information content (AvgIpc) is 2.40. The third-order valence-electron chi connectivity index (χ3n) is 3.02. The molecule has 0 aromatic heterocycles. The van der Waals surface area contributed by atoms with E-state index in [1.807, 2.05) is 32.0 Å². The number of ether oxygens (including phenoxy) is 1. The van der Waals surface area contributed by atoms with Gasteiger partial charge in [-0.25, -0.2) is 4.79 Å². The van der Waals surface area contributed by atoms with E-state index < -0.39 is 24.5 Å². The van der Waals surface area contributed by atoms with Crippen molar-refractivity contribution in [2.45, 2.75) is 26.3 Å². The lowest BCUT2D eigenvalue weighted by molar-refractivity contribution is -0.145. The summed E-state index contributed by atoms with van der Waals surface area (Å²) in [4.78, 5) is 22.9. The average molecular weight is 265 g/mol. The molecule has 1 rings (SSSR count). The van der Waals surface area contributed by atoms with Crippen molar-refractivity contribution in [1.29, 1.82) is 0 Å². The minimum Gasteiger partial charge on any atom is -0.467 e. The molecule has 5 nitrogen and oxygen atoms in total. The maximum absolute atomic E-state index is 11.7. The second kappa shape index (κ2) is 6.89. The smallest absolute Gasteiger partial charge is 0.328 e. The highest BCUT2D eigenvalue weighted by Gasteiger charge is 2.22. The molecule has 0 bridgehead atoms. The highest BCUT2D eigenvalue weighted by molar-refractivity contribution is 5.85. The summed E-state index contributed by atoms with van der Waals surface area (Å²) in [7, 11) is 1.27. The van der Waals surface area contributed by atoms with Crippen LogP contribution >= 0.6 is 0 Å². The number of methoxy groups -OCH3 is 1. The molecule has 0 aliphatic rings. The number of hydrogen-bond acceptors (Lipinski definition) is 4. The molecule has 104 valence electrons. The number of rotatable bonds is 5. The van der Waals surface area contributed by atoms with Crippen LogP contribution in [-0.4, -0.2) is 36.7 Å². The fourth-order valence-corrected chi connectivity index (χ4v) is 1.95. The molecule has 1 aromatic rings. The van der Waals surface area contributed by atoms with Gasteiger partial charge in [-0.3, -0.25) is 4.79 Å². The molecule has 5 heteroatoms. The van der Waals surface area contributed by atoms with E-state index >= 15 is 0 Å². The number of aryl methyl sites for hydroxylation is 2. The molecule has 0 saturated heterocycles. The number of benzene rings is 1. The molecular formula is C14H19NO4. The first-order valence-corrected chi connectivity index (χ1v) is 6.02. The second-order valence-electron chi connectivity index (χ2n) is 4.38. The largest absolute Gasteiger partial charge is 0.467 e. The highest BCUT2D eigenvalue weighted by Crippen LogP contribution is 2.15. The predicted molar refractivity (Wildman–Crippen MR) is 70.7 cm³/mol. The van der Waals surface area contributed by atoms with Gasteiger partial charge in [0.05, 0.1) is 7.11 Å². The summed E-state index contributed by atoms with van der Waals surface area (Å²) in [6, 6.07) is 5.05. The minimum absolute atomic E-state index is 0.344. The van der Waals surface area contributed by atoms with Crippen LogP contribution in [0.15, 0.2) is 18.2 Å². The lowest BCUT2D eigenvalue weighted by Crippen LogP contribution is -2.44. The van der Waals surface area contributed by atoms with Gasteiger partial charge in [0.25, 0.3) is 0 Å². The number of carbonyl (C=O) groups is 2. The van der Waals surface area contributed by atoms with E-state index in [9.17, 15) is 9.59 Å². The summed E-state index contributed by atoms with van der Waals surface area (Å²) in [5, 5.41) is 11.2. The Morgan fingerprint density at radius 2 is 1.89 bits per heavy atom. The van der Waals surface area contributed by atoms with Gasteiger partial charge in [0.2, 0.25) is 5.91 Å². The van der Waals surface area contributed by atoms with E-state index in [0.29, 0.717) is 6.42 Å². The maximum Gasteiger partial charge on any atom is 0.328 e. The van der Waals surface area contributed by atoms with Crippen LogP contribution in [0.4, 0.5) is 0 Å². The Bertz CT molecular complexity index is 450. The zero-order chi connectivity index (χ0) is 14.4. The molecule has 1 aromatic carbocycles. The fraction of sp³-hybridized carbons (Fsp3) is 0.429. The van der Waals surface area contributed by atoms with Crippen LogP contribution < -0.4 is 5.32 Å². The quantitative estimate of drug-likeness (QED) is 0.760. The van der Waals surface area contributed by atoms with E-state index in [0.717, 1.165) is 16.7 Å². The van der Waals surface area contributed by atoms with Gasteiger partial charge in [0.1, 0.15) is 12.6 Å². The predicted octanol–water partition coefficient (Wildman–Crippen LogP) is 0.496. The SMILES string of the molecule is COC(=O)[C@H](Cc1c(C)cccc1C)NC(=O)CO. The molecule has 2 N–H and O–H groups in total. The molecule has 0 aliphatic carbocycles. The van der Waals surface area contributed by atoms with E-state index in [1.165, 1.54) is 7.11 Å². The van der Waals surface area contributed by atoms with Crippen LogP contribution in [0, 0.1) is 13.8 Å². The van der Waals surface area contributed by atoms with Gasteiger partial charge in [-0.05, 0) is 30.5 Å². The van der Waals surface area contributed by atoms with Gasteiger partial charge in [0, 0.05) is 6.42 Å². The number of aliphatic hydroxyl groups is 1. The summed E-state index contributed by atoms with van der Waals surface area (Å²) in [5.41, 5.74) is 3.09. The molecule has 0 aliphatic heterocycles. The molecule has 0 unspecified atom stereocenters. The first kappa shape index (κ1) is 15.2. The lowest BCUT2D eigenvalue weighted by atomic mass is 9.96. The van der Waals surface area contributed by atoms with Crippen molar-refractivity contribution < 1.29 is 19.4 Å². The molecule has 1 atom stereocenters. The third kappa shape index (κ3) is 4.06. The van der Waals surface area contributed by atoms with Gasteiger partial charge >= 0.3 is 5.97 Å². The summed E-state index contributed by atoms with van der Waals surface area (Å²) < 4.78 is 4.67. The summed E-state index contributed by atoms with van der Waals surface area (Å²) in [5.74, 6) is -1.12. The van der Waals surface area contributed by atoms with Crippen LogP contribution in [0.3, 0.4) is 0 Å². The normalized spacial score (nSPS) is 11.8. The van der Waals surface area contributed by atoms with Crippen molar-refractivity contribution in [1.82, 2.24) is 5.32 Å². The summed E-state index contributed by atoms with van der Waals surface area (Å²) in [6.45, 7) is 3.25. The molecule has 0 radical (unpaired) electrons. The molecule has 0 fully saturated rings. The topological polar surface area (TPSA) is 75.6 Å². The van der Waals surface area contributed by atoms with Gasteiger partial charge in [-0.2, -0.15) is 0 Å². The Kier molecular flexibility index (Phi) is 5.51. The standard InChI is InChI=1S/C14H19NO4/c1-9-5-4-6-10(2)11(9)7-12(14(18)19-3)15-13(17)8-16/h4-6,12,16H,7-8H2,1-3H3,(H,15,17)/t12-/m0/s1. The Labute approximate surface area is 112 Å². The Hall–Kier alpha value is -1.88. The molecule has 1 amide bonds. The fourth-order valence-electron chi connectivity index (χ4n) is 1.95. The van der Waals surface area contributed by atoms with Crippen molar-refractivity contribution in [2.24, 2.45) is 0 Å². The van der Waals surface area contributed by atoms with Crippen LogP contribution in [0.5, 0.6) is 0 Å². The van der Waals surface area contributed by atoms with Gasteiger partial charge in [0.15, 0.2) is 0 Å². The highest BCUT2D eigenvalue weighted by atomic mass is 16.5. The van der Waals surface area contributed by atoms with Crippen LogP contribution in [0.2, 0.25) is 0 Å². The first-order valence-electron chi connectivity index (χ1n) is 6.02. The van der Waals surface area contributed by atoms with Gasteiger partial charge < -0.3 is 15.2 Å². The van der Waals surface area contributed by atoms with E-state index in [2.05, 4.69) is 10.1 Å². The van der Waals surface area contributed by atoms with E-state index in [1.54, 1.807) is 0 Å². The maximum atomic E-state index is 11.7. The zero-order valence-corrected chi connectivity index (χ0v) is 11.4.